The van der Waals surface area contributed by atoms with Crippen LogP contribution in [0.25, 0.3) is 0 Å². The molecule has 0 bridgehead atoms. The van der Waals surface area contributed by atoms with Gasteiger partial charge in [0.2, 0.25) is 11.8 Å². The first-order chi connectivity index (χ1) is 16.2. The molecule has 34 heavy (non-hydrogen) atoms. The molecule has 1 aliphatic carbocycles. The standard InChI is InChI=1S/C29H46N2O3/c1-4-22(2)29(25-12-6-5-7-13-25)17-8-11-24(21-28(34)15-9-16-28)23(3)27(33)31(19-10-18-29)20-14-26(30)32/h5-7,12-13,22-24,34H,4,8-11,14-21H2,1-3H3,(H2,30,32)/t22?,23?,24?,29-/m0/s1. The van der Waals surface area contributed by atoms with E-state index in [1.165, 1.54) is 5.56 Å². The molecule has 3 rings (SSSR count). The number of carbonyl (C=O) groups excluding carboxylic acids is 2. The topological polar surface area (TPSA) is 83.6 Å². The highest BCUT2D eigenvalue weighted by Gasteiger charge is 2.42. The zero-order chi connectivity index (χ0) is 24.8. The summed E-state index contributed by atoms with van der Waals surface area (Å²) in [6.45, 7) is 7.72. The van der Waals surface area contributed by atoms with Crippen molar-refractivity contribution in [2.45, 2.75) is 102 Å². The molecule has 3 unspecified atom stereocenters. The van der Waals surface area contributed by atoms with Crippen LogP contribution in [0.2, 0.25) is 0 Å². The lowest BCUT2D eigenvalue weighted by molar-refractivity contribution is -0.139. The van der Waals surface area contributed by atoms with E-state index in [-0.39, 0.29) is 35.5 Å². The van der Waals surface area contributed by atoms with Crippen molar-refractivity contribution in [3.8, 4) is 0 Å². The van der Waals surface area contributed by atoms with Crippen LogP contribution in [0.15, 0.2) is 30.3 Å². The summed E-state index contributed by atoms with van der Waals surface area (Å²) in [6.07, 6.45) is 9.80. The molecule has 1 aromatic rings. The second kappa shape index (κ2) is 11.7. The first kappa shape index (κ1) is 26.7. The van der Waals surface area contributed by atoms with Gasteiger partial charge in [-0.25, -0.2) is 0 Å². The molecule has 5 nitrogen and oxygen atoms in total. The monoisotopic (exact) mass is 470 g/mol. The third kappa shape index (κ3) is 6.21. The Bertz CT molecular complexity index is 807. The molecule has 2 fully saturated rings. The zero-order valence-electron chi connectivity index (χ0n) is 21.6. The van der Waals surface area contributed by atoms with E-state index in [9.17, 15) is 14.7 Å². The lowest BCUT2D eigenvalue weighted by Gasteiger charge is -2.42. The minimum absolute atomic E-state index is 0.0694. The van der Waals surface area contributed by atoms with E-state index < -0.39 is 5.60 Å². The van der Waals surface area contributed by atoms with Crippen LogP contribution in [0.3, 0.4) is 0 Å². The molecule has 1 aromatic carbocycles. The van der Waals surface area contributed by atoms with Gasteiger partial charge in [-0.2, -0.15) is 0 Å². The molecule has 190 valence electrons. The van der Waals surface area contributed by atoms with Gasteiger partial charge in [0.1, 0.15) is 0 Å². The van der Waals surface area contributed by atoms with Crippen molar-refractivity contribution in [3.05, 3.63) is 35.9 Å². The number of primary amides is 1. The van der Waals surface area contributed by atoms with Crippen molar-refractivity contribution in [1.82, 2.24) is 4.90 Å². The average Bonchev–Trinajstić information content (AvgIpc) is 2.83. The number of amides is 2. The van der Waals surface area contributed by atoms with Gasteiger partial charge in [0.25, 0.3) is 0 Å². The first-order valence-electron chi connectivity index (χ1n) is 13.6. The van der Waals surface area contributed by atoms with Crippen LogP contribution in [0.1, 0.15) is 97.0 Å². The van der Waals surface area contributed by atoms with E-state index in [0.29, 0.717) is 25.4 Å². The first-order valence-corrected chi connectivity index (χ1v) is 13.6. The molecule has 4 atom stereocenters. The summed E-state index contributed by atoms with van der Waals surface area (Å²) >= 11 is 0. The fourth-order valence-electron chi connectivity index (χ4n) is 6.49. The number of rotatable bonds is 8. The van der Waals surface area contributed by atoms with Crippen molar-refractivity contribution < 1.29 is 14.7 Å². The van der Waals surface area contributed by atoms with Gasteiger partial charge in [0.05, 0.1) is 5.60 Å². The van der Waals surface area contributed by atoms with Crippen LogP contribution in [0.4, 0.5) is 0 Å². The highest BCUT2D eigenvalue weighted by atomic mass is 16.3. The van der Waals surface area contributed by atoms with Crippen molar-refractivity contribution in [2.24, 2.45) is 23.5 Å². The maximum absolute atomic E-state index is 13.6. The number of carbonyl (C=O) groups is 2. The Morgan fingerprint density at radius 3 is 2.41 bits per heavy atom. The third-order valence-corrected chi connectivity index (χ3v) is 9.12. The number of aliphatic hydroxyl groups is 1. The molecule has 1 heterocycles. The van der Waals surface area contributed by atoms with E-state index in [1.807, 2.05) is 11.8 Å². The minimum atomic E-state index is -0.606. The smallest absolute Gasteiger partial charge is 0.225 e. The van der Waals surface area contributed by atoms with Gasteiger partial charge in [-0.05, 0) is 74.2 Å². The summed E-state index contributed by atoms with van der Waals surface area (Å²) in [5, 5.41) is 11.0. The van der Waals surface area contributed by atoms with E-state index >= 15 is 0 Å². The van der Waals surface area contributed by atoms with Crippen molar-refractivity contribution >= 4 is 11.8 Å². The lowest BCUT2D eigenvalue weighted by atomic mass is 9.63. The fraction of sp³-hybridized carbons (Fsp3) is 0.724. The van der Waals surface area contributed by atoms with Gasteiger partial charge in [-0.3, -0.25) is 9.59 Å². The number of benzene rings is 1. The van der Waals surface area contributed by atoms with Crippen LogP contribution in [-0.4, -0.2) is 40.5 Å². The number of nitrogens with zero attached hydrogens (tertiary/aromatic N) is 1. The lowest BCUT2D eigenvalue weighted by Crippen LogP contribution is -2.44. The van der Waals surface area contributed by atoms with Crippen LogP contribution < -0.4 is 5.73 Å². The van der Waals surface area contributed by atoms with Crippen LogP contribution in [0.5, 0.6) is 0 Å². The van der Waals surface area contributed by atoms with Crippen molar-refractivity contribution in [2.75, 3.05) is 13.1 Å². The summed E-state index contributed by atoms with van der Waals surface area (Å²) in [4.78, 5) is 27.0. The van der Waals surface area contributed by atoms with Gasteiger partial charge >= 0.3 is 0 Å². The van der Waals surface area contributed by atoms with E-state index in [0.717, 1.165) is 57.8 Å². The van der Waals surface area contributed by atoms with Crippen LogP contribution in [0, 0.1) is 17.8 Å². The predicted octanol–water partition coefficient (Wildman–Crippen LogP) is 5.20. The minimum Gasteiger partial charge on any atom is -0.390 e. The average molecular weight is 471 g/mol. The van der Waals surface area contributed by atoms with Crippen molar-refractivity contribution in [3.63, 3.8) is 0 Å². The zero-order valence-corrected chi connectivity index (χ0v) is 21.6. The number of hydrogen-bond acceptors (Lipinski definition) is 3. The van der Waals surface area contributed by atoms with Gasteiger partial charge in [0, 0.05) is 25.4 Å². The second-order valence-electron chi connectivity index (χ2n) is 11.2. The summed E-state index contributed by atoms with van der Waals surface area (Å²) in [6, 6.07) is 10.9. The molecular weight excluding hydrogens is 424 g/mol. The molecule has 5 heteroatoms. The molecule has 0 aromatic heterocycles. The number of hydrogen-bond donors (Lipinski definition) is 2. The van der Waals surface area contributed by atoms with Gasteiger partial charge in [-0.1, -0.05) is 63.9 Å². The van der Waals surface area contributed by atoms with E-state index in [4.69, 9.17) is 5.73 Å². The van der Waals surface area contributed by atoms with Gasteiger partial charge in [-0.15, -0.1) is 0 Å². The van der Waals surface area contributed by atoms with E-state index in [1.54, 1.807) is 0 Å². The molecular formula is C29H46N2O3. The Kier molecular flexibility index (Phi) is 9.20. The highest BCUT2D eigenvalue weighted by molar-refractivity contribution is 5.80. The fourth-order valence-corrected chi connectivity index (χ4v) is 6.49. The molecule has 1 saturated carbocycles. The summed E-state index contributed by atoms with van der Waals surface area (Å²) < 4.78 is 0. The van der Waals surface area contributed by atoms with Gasteiger partial charge in [0.15, 0.2) is 0 Å². The molecule has 1 saturated heterocycles. The molecule has 2 aliphatic rings. The predicted molar refractivity (Wildman–Crippen MR) is 137 cm³/mol. The van der Waals surface area contributed by atoms with Crippen LogP contribution in [-0.2, 0) is 15.0 Å². The second-order valence-corrected chi connectivity index (χ2v) is 11.2. The Hall–Kier alpha value is -1.88. The Morgan fingerprint density at radius 1 is 1.15 bits per heavy atom. The van der Waals surface area contributed by atoms with Crippen molar-refractivity contribution in [1.29, 1.82) is 0 Å². The third-order valence-electron chi connectivity index (χ3n) is 9.12. The SMILES string of the molecule is CCC(C)[C@]1(c2ccccc2)CCCC(CC2(O)CCC2)C(C)C(=O)N(CCC(N)=O)CCC1. The van der Waals surface area contributed by atoms with Crippen LogP contribution >= 0.6 is 0 Å². The normalized spacial score (nSPS) is 29.1. The Morgan fingerprint density at radius 2 is 1.82 bits per heavy atom. The summed E-state index contributed by atoms with van der Waals surface area (Å²) in [7, 11) is 0. The number of nitrogens with two attached hydrogens (primary N) is 1. The molecule has 0 spiro atoms. The molecule has 3 N–H and O–H groups in total. The van der Waals surface area contributed by atoms with Gasteiger partial charge < -0.3 is 15.7 Å². The molecule has 2 amide bonds. The van der Waals surface area contributed by atoms with E-state index in [2.05, 4.69) is 44.2 Å². The Labute approximate surface area is 206 Å². The quantitative estimate of drug-likeness (QED) is 0.548. The Balaban J connectivity index is 1.92. The maximum Gasteiger partial charge on any atom is 0.225 e. The molecule has 1 aliphatic heterocycles. The maximum atomic E-state index is 13.6. The summed E-state index contributed by atoms with van der Waals surface area (Å²) in [5.74, 6) is 0.262. The summed E-state index contributed by atoms with van der Waals surface area (Å²) in [5.41, 5.74) is 6.31. The largest absolute Gasteiger partial charge is 0.390 e. The highest BCUT2D eigenvalue weighted by Crippen LogP contribution is 2.46. The molecule has 0 radical (unpaired) electrons.